The first-order valence-corrected chi connectivity index (χ1v) is 10.9. The number of nitrogens with one attached hydrogen (secondary N) is 1. The summed E-state index contributed by atoms with van der Waals surface area (Å²) < 4.78 is 22.3. The van der Waals surface area contributed by atoms with Gasteiger partial charge in [-0.3, -0.25) is 14.0 Å². The number of hydrogen-bond acceptors (Lipinski definition) is 6. The molecule has 2 N–H and O–H groups in total. The first-order valence-electron chi connectivity index (χ1n) is 10.5. The molecule has 1 fully saturated rings. The molecule has 1 saturated heterocycles. The van der Waals surface area contributed by atoms with Crippen LogP contribution in [0.25, 0.3) is 16.6 Å². The van der Waals surface area contributed by atoms with Gasteiger partial charge in [0.05, 0.1) is 59.9 Å². The number of nitrogens with zero attached hydrogens (tertiary/aromatic N) is 4. The van der Waals surface area contributed by atoms with Crippen LogP contribution in [0.5, 0.6) is 0 Å². The van der Waals surface area contributed by atoms with Crippen LogP contribution in [-0.2, 0) is 11.3 Å². The number of pyridine rings is 2. The highest BCUT2D eigenvalue weighted by Crippen LogP contribution is 2.23. The third-order valence-electron chi connectivity index (χ3n) is 5.79. The zero-order valence-electron chi connectivity index (χ0n) is 17.5. The fraction of sp³-hybridized carbons (Fsp3) is 0.261. The van der Waals surface area contributed by atoms with Crippen molar-refractivity contribution < 1.29 is 14.2 Å². The van der Waals surface area contributed by atoms with Gasteiger partial charge in [-0.05, 0) is 12.1 Å². The molecule has 2 atom stereocenters. The molecular weight excluding hydrogens is 449 g/mol. The lowest BCUT2D eigenvalue weighted by Gasteiger charge is -2.15. The quantitative estimate of drug-likeness (QED) is 0.451. The summed E-state index contributed by atoms with van der Waals surface area (Å²) in [5.41, 5.74) is 1.24. The maximum atomic E-state index is 14.1. The Morgan fingerprint density at radius 3 is 2.88 bits per heavy atom. The Morgan fingerprint density at radius 2 is 2.09 bits per heavy atom. The molecule has 4 heterocycles. The van der Waals surface area contributed by atoms with E-state index in [4.69, 9.17) is 16.3 Å². The number of aliphatic hydroxyl groups is 1. The summed E-state index contributed by atoms with van der Waals surface area (Å²) >= 11 is 6.36. The molecule has 33 heavy (non-hydrogen) atoms. The minimum Gasteiger partial charge on any atom is -0.390 e. The first-order chi connectivity index (χ1) is 16.0. The SMILES string of the molecule is O=c1c2cnn(Cc3ccccc3F)c2ccn1-c1cc(NCC2COCC2O)ncc1Cl. The summed E-state index contributed by atoms with van der Waals surface area (Å²) in [6.45, 7) is 1.49. The molecule has 0 spiro atoms. The molecule has 10 heteroatoms. The van der Waals surface area contributed by atoms with Crippen molar-refractivity contribution in [3.8, 4) is 5.69 Å². The van der Waals surface area contributed by atoms with E-state index in [0.29, 0.717) is 52.8 Å². The third kappa shape index (κ3) is 4.22. The van der Waals surface area contributed by atoms with E-state index in [1.54, 1.807) is 41.2 Å². The number of rotatable bonds is 6. The van der Waals surface area contributed by atoms with E-state index in [-0.39, 0.29) is 23.8 Å². The smallest absolute Gasteiger partial charge is 0.266 e. The van der Waals surface area contributed by atoms with Crippen molar-refractivity contribution in [2.45, 2.75) is 12.6 Å². The number of benzene rings is 1. The molecule has 1 aliphatic heterocycles. The number of halogens is 2. The van der Waals surface area contributed by atoms with Gasteiger partial charge in [-0.15, -0.1) is 0 Å². The van der Waals surface area contributed by atoms with Gasteiger partial charge >= 0.3 is 0 Å². The van der Waals surface area contributed by atoms with Crippen molar-refractivity contribution in [3.05, 3.63) is 81.7 Å². The van der Waals surface area contributed by atoms with Crippen LogP contribution in [0.15, 0.2) is 59.8 Å². The van der Waals surface area contributed by atoms with Crippen molar-refractivity contribution in [2.75, 3.05) is 25.1 Å². The molecule has 0 amide bonds. The van der Waals surface area contributed by atoms with Gasteiger partial charge in [-0.25, -0.2) is 9.37 Å². The fourth-order valence-electron chi connectivity index (χ4n) is 3.91. The lowest BCUT2D eigenvalue weighted by Crippen LogP contribution is -2.25. The molecule has 0 aliphatic carbocycles. The van der Waals surface area contributed by atoms with Crippen molar-refractivity contribution in [1.82, 2.24) is 19.3 Å². The summed E-state index contributed by atoms with van der Waals surface area (Å²) in [5.74, 6) is 0.163. The van der Waals surface area contributed by atoms with Gasteiger partial charge in [-0.1, -0.05) is 29.8 Å². The lowest BCUT2D eigenvalue weighted by atomic mass is 10.1. The maximum Gasteiger partial charge on any atom is 0.266 e. The molecule has 8 nitrogen and oxygen atoms in total. The summed E-state index contributed by atoms with van der Waals surface area (Å²) in [4.78, 5) is 17.5. The van der Waals surface area contributed by atoms with Crippen molar-refractivity contribution >= 4 is 28.3 Å². The van der Waals surface area contributed by atoms with Crippen molar-refractivity contribution in [1.29, 1.82) is 0 Å². The second-order valence-electron chi connectivity index (χ2n) is 7.95. The average molecular weight is 470 g/mol. The summed E-state index contributed by atoms with van der Waals surface area (Å²) in [6.07, 6.45) is 4.04. The van der Waals surface area contributed by atoms with Gasteiger partial charge in [0.1, 0.15) is 11.6 Å². The predicted octanol–water partition coefficient (Wildman–Crippen LogP) is 2.84. The Labute approximate surface area is 193 Å². The molecule has 5 rings (SSSR count). The Morgan fingerprint density at radius 1 is 1.24 bits per heavy atom. The topological polar surface area (TPSA) is 94.2 Å². The maximum absolute atomic E-state index is 14.1. The molecule has 170 valence electrons. The molecule has 0 radical (unpaired) electrons. The van der Waals surface area contributed by atoms with Crippen molar-refractivity contribution in [2.24, 2.45) is 5.92 Å². The molecule has 0 bridgehead atoms. The minimum absolute atomic E-state index is 0.0368. The van der Waals surface area contributed by atoms with Crippen LogP contribution >= 0.6 is 11.6 Å². The number of aromatic nitrogens is 4. The van der Waals surface area contributed by atoms with E-state index < -0.39 is 6.10 Å². The number of aliphatic hydroxyl groups excluding tert-OH is 1. The minimum atomic E-state index is -0.518. The molecule has 1 aliphatic rings. The largest absolute Gasteiger partial charge is 0.390 e. The van der Waals surface area contributed by atoms with E-state index in [2.05, 4.69) is 15.4 Å². The summed E-state index contributed by atoms with van der Waals surface area (Å²) in [6, 6.07) is 9.90. The third-order valence-corrected chi connectivity index (χ3v) is 6.08. The molecule has 4 aromatic rings. The molecule has 2 unspecified atom stereocenters. The highest BCUT2D eigenvalue weighted by Gasteiger charge is 2.26. The monoisotopic (exact) mass is 469 g/mol. The lowest BCUT2D eigenvalue weighted by molar-refractivity contribution is 0.120. The zero-order chi connectivity index (χ0) is 22.9. The summed E-state index contributed by atoms with van der Waals surface area (Å²) in [7, 11) is 0. The van der Waals surface area contributed by atoms with Crippen LogP contribution in [0.4, 0.5) is 10.2 Å². The normalized spacial score (nSPS) is 18.2. The van der Waals surface area contributed by atoms with Crippen LogP contribution in [0.2, 0.25) is 5.02 Å². The Balaban J connectivity index is 1.44. The fourth-order valence-corrected chi connectivity index (χ4v) is 4.10. The van der Waals surface area contributed by atoms with E-state index in [1.165, 1.54) is 23.0 Å². The second kappa shape index (κ2) is 8.93. The number of anilines is 1. The molecule has 0 saturated carbocycles. The first kappa shape index (κ1) is 21.6. The van der Waals surface area contributed by atoms with Crippen LogP contribution in [0, 0.1) is 11.7 Å². The number of hydrogen-bond donors (Lipinski definition) is 2. The van der Waals surface area contributed by atoms with E-state index in [0.717, 1.165) is 0 Å². The van der Waals surface area contributed by atoms with Gasteiger partial charge in [0, 0.05) is 30.3 Å². The second-order valence-corrected chi connectivity index (χ2v) is 8.36. The van der Waals surface area contributed by atoms with Gasteiger partial charge in [0.25, 0.3) is 5.56 Å². The van der Waals surface area contributed by atoms with Gasteiger partial charge in [0.15, 0.2) is 0 Å². The molecule has 3 aromatic heterocycles. The van der Waals surface area contributed by atoms with Crippen molar-refractivity contribution in [3.63, 3.8) is 0 Å². The van der Waals surface area contributed by atoms with Crippen LogP contribution in [0.1, 0.15) is 5.56 Å². The average Bonchev–Trinajstić information content (AvgIpc) is 3.42. The van der Waals surface area contributed by atoms with E-state index in [1.807, 2.05) is 0 Å². The highest BCUT2D eigenvalue weighted by molar-refractivity contribution is 6.32. The predicted molar refractivity (Wildman–Crippen MR) is 122 cm³/mol. The molecular formula is C23H21ClFN5O3. The standard InChI is InChI=1S/C23H21ClFN5O3/c24-17-10-27-22(26-8-15-12-33-13-21(15)31)7-20(17)29-6-5-19-16(23(29)32)9-28-30(19)11-14-3-1-2-4-18(14)25/h1-7,9-10,15,21,31H,8,11-13H2,(H,26,27). The van der Waals surface area contributed by atoms with Gasteiger partial charge < -0.3 is 15.2 Å². The number of ether oxygens (including phenoxy) is 1. The van der Waals surface area contributed by atoms with E-state index in [9.17, 15) is 14.3 Å². The van der Waals surface area contributed by atoms with Crippen LogP contribution < -0.4 is 10.9 Å². The Bertz CT molecular complexity index is 1370. The number of fused-ring (bicyclic) bond motifs is 1. The van der Waals surface area contributed by atoms with Gasteiger partial charge in [0.2, 0.25) is 0 Å². The van der Waals surface area contributed by atoms with E-state index >= 15 is 0 Å². The Hall–Kier alpha value is -3.27. The molecule has 1 aromatic carbocycles. The van der Waals surface area contributed by atoms with Crippen LogP contribution in [-0.4, -0.2) is 50.3 Å². The summed E-state index contributed by atoms with van der Waals surface area (Å²) in [5, 5.41) is 18.1. The highest BCUT2D eigenvalue weighted by atomic mass is 35.5. The van der Waals surface area contributed by atoms with Crippen LogP contribution in [0.3, 0.4) is 0 Å². The van der Waals surface area contributed by atoms with Gasteiger partial charge in [-0.2, -0.15) is 5.10 Å². The zero-order valence-corrected chi connectivity index (χ0v) is 18.2. The Kier molecular flexibility index (Phi) is 5.84.